The van der Waals surface area contributed by atoms with Crippen LogP contribution in [0.2, 0.25) is 5.02 Å². The molecule has 7 nitrogen and oxygen atoms in total. The minimum atomic E-state index is -4.59. The van der Waals surface area contributed by atoms with Gasteiger partial charge in [0.25, 0.3) is 10.0 Å². The minimum Gasteiger partial charge on any atom is -0.475 e. The number of ether oxygens (including phenoxy) is 1. The summed E-state index contributed by atoms with van der Waals surface area (Å²) in [5, 5.41) is 9.47. The molecule has 164 valence electrons. The molecule has 0 aliphatic rings. The van der Waals surface area contributed by atoms with E-state index < -0.39 is 21.8 Å². The van der Waals surface area contributed by atoms with Gasteiger partial charge in [-0.25, -0.2) is 18.4 Å². The Morgan fingerprint density at radius 1 is 1.03 bits per heavy atom. The Morgan fingerprint density at radius 2 is 1.68 bits per heavy atom. The summed E-state index contributed by atoms with van der Waals surface area (Å²) in [6.45, 7) is -0.417. The molecule has 0 amide bonds. The summed E-state index contributed by atoms with van der Waals surface area (Å²) in [4.78, 5) is 7.55. The number of hydrogen-bond donors (Lipinski definition) is 2. The molecule has 0 spiro atoms. The monoisotopic (exact) mass is 473 g/mol. The number of anilines is 1. The molecule has 31 heavy (non-hydrogen) atoms. The highest BCUT2D eigenvalue weighted by atomic mass is 35.5. The molecule has 0 aliphatic heterocycles. The fraction of sp³-hybridized carbons (Fsp3) is 0.158. The molecule has 0 fully saturated rings. The number of nitrogens with one attached hydrogen (secondary N) is 1. The number of sulfonamides is 1. The molecule has 0 aliphatic carbocycles. The van der Waals surface area contributed by atoms with Crippen molar-refractivity contribution in [3.63, 3.8) is 0 Å². The van der Waals surface area contributed by atoms with Crippen LogP contribution in [0.15, 0.2) is 59.8 Å². The summed E-state index contributed by atoms with van der Waals surface area (Å²) in [7, 11) is -4.29. The molecule has 3 aromatic rings. The van der Waals surface area contributed by atoms with E-state index in [0.717, 1.165) is 18.5 Å². The van der Waals surface area contributed by atoms with Crippen molar-refractivity contribution in [2.45, 2.75) is 11.1 Å². The maximum atomic E-state index is 12.8. The van der Waals surface area contributed by atoms with Gasteiger partial charge in [0.05, 0.1) is 22.6 Å². The highest BCUT2D eigenvalue weighted by molar-refractivity contribution is 7.92. The highest BCUT2D eigenvalue weighted by Crippen LogP contribution is 2.36. The molecule has 1 heterocycles. The van der Waals surface area contributed by atoms with Crippen LogP contribution in [-0.2, 0) is 16.2 Å². The standard InChI is InChI=1S/C19H15ClF3N3O4S/c20-14-5-1-12(2-6-14)16-17(24-11-25-18(16)30-10-9-27)26-31(28,29)15-7-3-13(4-8-15)19(21,22)23/h1-8,11,27H,9-10H2,(H,24,25,26). The fourth-order valence-corrected chi connectivity index (χ4v) is 3.73. The average Bonchev–Trinajstić information content (AvgIpc) is 2.72. The lowest BCUT2D eigenvalue weighted by molar-refractivity contribution is -0.137. The van der Waals surface area contributed by atoms with E-state index in [9.17, 15) is 21.6 Å². The van der Waals surface area contributed by atoms with Gasteiger partial charge in [0, 0.05) is 5.02 Å². The first-order valence-corrected chi connectivity index (χ1v) is 10.5. The number of aromatic nitrogens is 2. The van der Waals surface area contributed by atoms with Crippen LogP contribution in [-0.4, -0.2) is 36.7 Å². The van der Waals surface area contributed by atoms with Crippen LogP contribution in [0.25, 0.3) is 11.1 Å². The van der Waals surface area contributed by atoms with Gasteiger partial charge >= 0.3 is 6.18 Å². The van der Waals surface area contributed by atoms with Crippen molar-refractivity contribution < 1.29 is 31.4 Å². The summed E-state index contributed by atoms with van der Waals surface area (Å²) in [6, 6.07) is 9.33. The van der Waals surface area contributed by atoms with E-state index in [0.29, 0.717) is 22.7 Å². The van der Waals surface area contributed by atoms with Crippen LogP contribution in [0.3, 0.4) is 0 Å². The van der Waals surface area contributed by atoms with Crippen LogP contribution in [0.5, 0.6) is 5.88 Å². The van der Waals surface area contributed by atoms with E-state index in [-0.39, 0.29) is 35.4 Å². The third kappa shape index (κ3) is 5.43. The molecule has 2 N–H and O–H groups in total. The molecule has 3 rings (SSSR count). The van der Waals surface area contributed by atoms with Gasteiger partial charge in [0.15, 0.2) is 5.82 Å². The largest absolute Gasteiger partial charge is 0.475 e. The van der Waals surface area contributed by atoms with Gasteiger partial charge in [-0.15, -0.1) is 0 Å². The zero-order valence-corrected chi connectivity index (χ0v) is 17.2. The Labute approximate surface area is 180 Å². The third-order valence-electron chi connectivity index (χ3n) is 4.00. The van der Waals surface area contributed by atoms with Crippen molar-refractivity contribution in [2.24, 2.45) is 0 Å². The van der Waals surface area contributed by atoms with Gasteiger partial charge in [-0.2, -0.15) is 13.2 Å². The SMILES string of the molecule is O=S(=O)(Nc1ncnc(OCCO)c1-c1ccc(Cl)cc1)c1ccc(C(F)(F)F)cc1. The van der Waals surface area contributed by atoms with Crippen molar-refractivity contribution in [3.05, 3.63) is 65.4 Å². The lowest BCUT2D eigenvalue weighted by atomic mass is 10.1. The van der Waals surface area contributed by atoms with E-state index in [1.807, 2.05) is 0 Å². The molecule has 0 saturated heterocycles. The molecular weight excluding hydrogens is 459 g/mol. The molecule has 0 unspecified atom stereocenters. The topological polar surface area (TPSA) is 101 Å². The van der Waals surface area contributed by atoms with Gasteiger partial charge < -0.3 is 9.84 Å². The van der Waals surface area contributed by atoms with Gasteiger partial charge in [0.2, 0.25) is 5.88 Å². The number of hydrogen-bond acceptors (Lipinski definition) is 6. The van der Waals surface area contributed by atoms with E-state index in [1.165, 1.54) is 0 Å². The van der Waals surface area contributed by atoms with E-state index >= 15 is 0 Å². The number of rotatable bonds is 7. The number of aliphatic hydroxyl groups is 1. The first-order chi connectivity index (χ1) is 14.6. The van der Waals surface area contributed by atoms with E-state index in [2.05, 4.69) is 14.7 Å². The highest BCUT2D eigenvalue weighted by Gasteiger charge is 2.31. The minimum absolute atomic E-state index is 0.00325. The Balaban J connectivity index is 2.02. The van der Waals surface area contributed by atoms with Gasteiger partial charge in [-0.3, -0.25) is 4.72 Å². The molecule has 12 heteroatoms. The second kappa shape index (κ2) is 9.08. The summed E-state index contributed by atoms with van der Waals surface area (Å²) < 4.78 is 71.5. The predicted octanol–water partition coefficient (Wildman–Crippen LogP) is 3.99. The van der Waals surface area contributed by atoms with Crippen molar-refractivity contribution in [1.29, 1.82) is 0 Å². The van der Waals surface area contributed by atoms with E-state index in [4.69, 9.17) is 21.4 Å². The number of halogens is 4. The summed E-state index contributed by atoms with van der Waals surface area (Å²) in [6.07, 6.45) is -3.54. The maximum Gasteiger partial charge on any atom is 0.416 e. The Hall–Kier alpha value is -2.89. The Bertz CT molecular complexity index is 1160. The van der Waals surface area contributed by atoms with Crippen molar-refractivity contribution in [2.75, 3.05) is 17.9 Å². The fourth-order valence-electron chi connectivity index (χ4n) is 2.58. The first kappa shape index (κ1) is 22.8. The number of alkyl halides is 3. The van der Waals surface area contributed by atoms with Crippen LogP contribution < -0.4 is 9.46 Å². The van der Waals surface area contributed by atoms with Crippen LogP contribution in [0.1, 0.15) is 5.56 Å². The predicted molar refractivity (Wildman–Crippen MR) is 107 cm³/mol. The van der Waals surface area contributed by atoms with Gasteiger partial charge in [-0.05, 0) is 42.0 Å². The zero-order valence-electron chi connectivity index (χ0n) is 15.6. The molecule has 2 aromatic carbocycles. The molecule has 0 radical (unpaired) electrons. The summed E-state index contributed by atoms with van der Waals surface area (Å²) >= 11 is 5.91. The van der Waals surface area contributed by atoms with Crippen molar-refractivity contribution in [1.82, 2.24) is 9.97 Å². The molecule has 0 atom stereocenters. The quantitative estimate of drug-likeness (QED) is 0.538. The summed E-state index contributed by atoms with van der Waals surface area (Å²) in [5.41, 5.74) is -0.346. The Morgan fingerprint density at radius 3 is 2.26 bits per heavy atom. The molecular formula is C19H15ClF3N3O4S. The normalized spacial score (nSPS) is 11.9. The van der Waals surface area contributed by atoms with Crippen LogP contribution in [0.4, 0.5) is 19.0 Å². The third-order valence-corrected chi connectivity index (χ3v) is 5.61. The summed E-state index contributed by atoms with van der Waals surface area (Å²) in [5.74, 6) is -0.165. The zero-order chi connectivity index (χ0) is 22.6. The second-order valence-electron chi connectivity index (χ2n) is 6.11. The Kier molecular flexibility index (Phi) is 6.68. The number of benzene rings is 2. The van der Waals surface area contributed by atoms with Crippen molar-refractivity contribution >= 4 is 27.4 Å². The lowest BCUT2D eigenvalue weighted by Crippen LogP contribution is -2.16. The average molecular weight is 474 g/mol. The van der Waals surface area contributed by atoms with Crippen LogP contribution in [0, 0.1) is 0 Å². The van der Waals surface area contributed by atoms with Gasteiger partial charge in [0.1, 0.15) is 12.9 Å². The lowest BCUT2D eigenvalue weighted by Gasteiger charge is -2.15. The number of nitrogens with zero attached hydrogens (tertiary/aromatic N) is 2. The van der Waals surface area contributed by atoms with E-state index in [1.54, 1.807) is 24.3 Å². The molecule has 1 aromatic heterocycles. The molecule has 0 bridgehead atoms. The maximum absolute atomic E-state index is 12.8. The molecule has 0 saturated carbocycles. The van der Waals surface area contributed by atoms with Crippen LogP contribution >= 0.6 is 11.6 Å². The smallest absolute Gasteiger partial charge is 0.416 e. The number of aliphatic hydroxyl groups excluding tert-OH is 1. The second-order valence-corrected chi connectivity index (χ2v) is 8.23. The van der Waals surface area contributed by atoms with Crippen molar-refractivity contribution in [3.8, 4) is 17.0 Å². The van der Waals surface area contributed by atoms with Gasteiger partial charge in [-0.1, -0.05) is 23.7 Å². The first-order valence-electron chi connectivity index (χ1n) is 8.66.